The lowest BCUT2D eigenvalue weighted by Crippen LogP contribution is -2.46. The van der Waals surface area contributed by atoms with Crippen molar-refractivity contribution in [1.82, 2.24) is 9.97 Å². The zero-order chi connectivity index (χ0) is 15.9. The van der Waals surface area contributed by atoms with Crippen LogP contribution in [0.5, 0.6) is 0 Å². The zero-order valence-electron chi connectivity index (χ0n) is 11.9. The van der Waals surface area contributed by atoms with Crippen LogP contribution in [0.25, 0.3) is 0 Å². The number of nitrogens with two attached hydrogens (primary N) is 1. The number of carbonyl (C=O) groups is 1. The molecule has 2 N–H and O–H groups in total. The maximum atomic E-state index is 12.8. The van der Waals surface area contributed by atoms with Gasteiger partial charge in [0.2, 0.25) is 11.9 Å². The van der Waals surface area contributed by atoms with Gasteiger partial charge in [-0.05, 0) is 31.2 Å². The number of carbonyl (C=O) groups excluding carboxylic acids is 1. The number of nitrogens with zero attached hydrogens (tertiary/aromatic N) is 3. The molecule has 120 valence electrons. The summed E-state index contributed by atoms with van der Waals surface area (Å²) in [5.41, 5.74) is 4.45. The number of alkyl halides is 3. The monoisotopic (exact) mass is 314 g/mol. The van der Waals surface area contributed by atoms with E-state index in [1.807, 2.05) is 0 Å². The van der Waals surface area contributed by atoms with Crippen molar-refractivity contribution in [3.8, 4) is 0 Å². The van der Waals surface area contributed by atoms with Crippen LogP contribution >= 0.6 is 0 Å². The number of amides is 1. The number of anilines is 1. The predicted octanol–water partition coefficient (Wildman–Crippen LogP) is 2.12. The van der Waals surface area contributed by atoms with Crippen molar-refractivity contribution in [2.75, 3.05) is 4.90 Å². The number of hydrogen-bond donors (Lipinski definition) is 1. The zero-order valence-corrected chi connectivity index (χ0v) is 11.9. The largest absolute Gasteiger partial charge is 0.433 e. The molecule has 1 saturated carbocycles. The normalized spacial score (nSPS) is 28.5. The molecule has 1 aliphatic carbocycles. The molecule has 1 aromatic heterocycles. The quantitative estimate of drug-likeness (QED) is 0.907. The second-order valence-electron chi connectivity index (χ2n) is 5.91. The number of halogens is 3. The van der Waals surface area contributed by atoms with Crippen LogP contribution in [0, 0.1) is 5.92 Å². The van der Waals surface area contributed by atoms with E-state index in [1.54, 1.807) is 4.90 Å². The SMILES string of the molecule is NC(=O)C1CC2CCCCC2N1c1nccc(C(F)(F)F)n1. The second kappa shape index (κ2) is 5.40. The molecule has 22 heavy (non-hydrogen) atoms. The summed E-state index contributed by atoms with van der Waals surface area (Å²) >= 11 is 0. The number of rotatable bonds is 2. The first-order valence-electron chi connectivity index (χ1n) is 7.36. The number of aromatic nitrogens is 2. The molecule has 8 heteroatoms. The predicted molar refractivity (Wildman–Crippen MR) is 72.9 cm³/mol. The second-order valence-corrected chi connectivity index (χ2v) is 5.91. The van der Waals surface area contributed by atoms with Crippen LogP contribution < -0.4 is 10.6 Å². The van der Waals surface area contributed by atoms with Gasteiger partial charge in [-0.25, -0.2) is 9.97 Å². The third kappa shape index (κ3) is 2.62. The topological polar surface area (TPSA) is 72.1 Å². The van der Waals surface area contributed by atoms with Crippen molar-refractivity contribution in [2.24, 2.45) is 11.7 Å². The van der Waals surface area contributed by atoms with E-state index in [-0.39, 0.29) is 17.9 Å². The van der Waals surface area contributed by atoms with E-state index in [1.165, 1.54) is 0 Å². The van der Waals surface area contributed by atoms with Gasteiger partial charge in [-0.1, -0.05) is 12.8 Å². The van der Waals surface area contributed by atoms with E-state index >= 15 is 0 Å². The molecule has 1 amide bonds. The van der Waals surface area contributed by atoms with Crippen LogP contribution in [0.3, 0.4) is 0 Å². The molecule has 2 fully saturated rings. The van der Waals surface area contributed by atoms with E-state index in [4.69, 9.17) is 5.73 Å². The van der Waals surface area contributed by atoms with Crippen molar-refractivity contribution in [2.45, 2.75) is 50.4 Å². The molecule has 0 aromatic carbocycles. The van der Waals surface area contributed by atoms with Gasteiger partial charge in [0.15, 0.2) is 0 Å². The highest BCUT2D eigenvalue weighted by Gasteiger charge is 2.46. The highest BCUT2D eigenvalue weighted by atomic mass is 19.4. The average Bonchev–Trinajstić information content (AvgIpc) is 2.86. The highest BCUT2D eigenvalue weighted by molar-refractivity contribution is 5.84. The van der Waals surface area contributed by atoms with Gasteiger partial charge in [-0.15, -0.1) is 0 Å². The molecule has 1 aliphatic heterocycles. The van der Waals surface area contributed by atoms with Crippen LogP contribution in [-0.2, 0) is 11.0 Å². The van der Waals surface area contributed by atoms with E-state index < -0.39 is 23.8 Å². The summed E-state index contributed by atoms with van der Waals surface area (Å²) in [6.07, 6.45) is 0.967. The van der Waals surface area contributed by atoms with Gasteiger partial charge in [-0.2, -0.15) is 13.2 Å². The molecular weight excluding hydrogens is 297 g/mol. The van der Waals surface area contributed by atoms with Crippen LogP contribution in [-0.4, -0.2) is 28.0 Å². The van der Waals surface area contributed by atoms with Gasteiger partial charge in [0.05, 0.1) is 0 Å². The van der Waals surface area contributed by atoms with Crippen LogP contribution in [0.2, 0.25) is 0 Å². The Kier molecular flexibility index (Phi) is 3.70. The lowest BCUT2D eigenvalue weighted by atomic mass is 9.85. The molecule has 2 heterocycles. The molecule has 1 saturated heterocycles. The smallest absolute Gasteiger partial charge is 0.368 e. The fraction of sp³-hybridized carbons (Fsp3) is 0.643. The molecule has 0 bridgehead atoms. The van der Waals surface area contributed by atoms with Crippen molar-refractivity contribution in [3.05, 3.63) is 18.0 Å². The van der Waals surface area contributed by atoms with Crippen LogP contribution in [0.4, 0.5) is 19.1 Å². The highest BCUT2D eigenvalue weighted by Crippen LogP contribution is 2.41. The minimum absolute atomic E-state index is 0.00488. The Balaban J connectivity index is 1.98. The van der Waals surface area contributed by atoms with Gasteiger partial charge in [0, 0.05) is 12.2 Å². The van der Waals surface area contributed by atoms with E-state index in [0.29, 0.717) is 6.42 Å². The van der Waals surface area contributed by atoms with Gasteiger partial charge in [0.1, 0.15) is 11.7 Å². The third-order valence-electron chi connectivity index (χ3n) is 4.58. The minimum atomic E-state index is -4.54. The van der Waals surface area contributed by atoms with Crippen LogP contribution in [0.1, 0.15) is 37.8 Å². The Morgan fingerprint density at radius 2 is 2.05 bits per heavy atom. The molecule has 3 unspecified atom stereocenters. The summed E-state index contributed by atoms with van der Waals surface area (Å²) in [7, 11) is 0. The Labute approximate surface area is 125 Å². The fourth-order valence-electron chi connectivity index (χ4n) is 3.63. The van der Waals surface area contributed by atoms with Crippen molar-refractivity contribution < 1.29 is 18.0 Å². The Morgan fingerprint density at radius 3 is 2.73 bits per heavy atom. The number of fused-ring (bicyclic) bond motifs is 1. The minimum Gasteiger partial charge on any atom is -0.368 e. The van der Waals surface area contributed by atoms with Crippen molar-refractivity contribution in [1.29, 1.82) is 0 Å². The summed E-state index contributed by atoms with van der Waals surface area (Å²) < 4.78 is 38.5. The number of primary amides is 1. The van der Waals surface area contributed by atoms with Gasteiger partial charge >= 0.3 is 6.18 Å². The average molecular weight is 314 g/mol. The Bertz CT molecular complexity index is 577. The van der Waals surface area contributed by atoms with Gasteiger partial charge < -0.3 is 10.6 Å². The molecule has 0 spiro atoms. The first-order valence-corrected chi connectivity index (χ1v) is 7.36. The van der Waals surface area contributed by atoms with Crippen molar-refractivity contribution >= 4 is 11.9 Å². The maximum Gasteiger partial charge on any atom is 0.433 e. The van der Waals surface area contributed by atoms with E-state index in [9.17, 15) is 18.0 Å². The fourth-order valence-corrected chi connectivity index (χ4v) is 3.63. The molecule has 0 radical (unpaired) electrons. The summed E-state index contributed by atoms with van der Waals surface area (Å²) in [6, 6.07) is 0.198. The Morgan fingerprint density at radius 1 is 1.32 bits per heavy atom. The molecule has 2 aliphatic rings. The molecule has 1 aromatic rings. The molecule has 3 rings (SSSR count). The first-order chi connectivity index (χ1) is 10.4. The lowest BCUT2D eigenvalue weighted by Gasteiger charge is -2.33. The maximum absolute atomic E-state index is 12.8. The summed E-state index contributed by atoms with van der Waals surface area (Å²) in [5, 5.41) is 0. The summed E-state index contributed by atoms with van der Waals surface area (Å²) in [4.78, 5) is 20.9. The van der Waals surface area contributed by atoms with Gasteiger partial charge in [-0.3, -0.25) is 4.79 Å². The summed E-state index contributed by atoms with van der Waals surface area (Å²) in [5.74, 6) is -0.312. The summed E-state index contributed by atoms with van der Waals surface area (Å²) in [6.45, 7) is 0. The van der Waals surface area contributed by atoms with Crippen LogP contribution in [0.15, 0.2) is 12.3 Å². The van der Waals surface area contributed by atoms with E-state index in [0.717, 1.165) is 37.9 Å². The van der Waals surface area contributed by atoms with Gasteiger partial charge in [0.25, 0.3) is 0 Å². The number of hydrogen-bond acceptors (Lipinski definition) is 4. The Hall–Kier alpha value is -1.86. The molecule has 3 atom stereocenters. The standard InChI is InChI=1S/C14H17F3N4O/c15-14(16,17)11-5-6-19-13(20-11)21-9-4-2-1-3-8(9)7-10(21)12(18)22/h5-6,8-10H,1-4,7H2,(H2,18,22). The molecule has 5 nitrogen and oxygen atoms in total. The van der Waals surface area contributed by atoms with E-state index in [2.05, 4.69) is 9.97 Å². The van der Waals surface area contributed by atoms with Crippen molar-refractivity contribution in [3.63, 3.8) is 0 Å². The molecular formula is C14H17F3N4O. The lowest BCUT2D eigenvalue weighted by molar-refractivity contribution is -0.141. The third-order valence-corrected chi connectivity index (χ3v) is 4.58. The first kappa shape index (κ1) is 15.1.